The monoisotopic (exact) mass is 283 g/mol. The summed E-state index contributed by atoms with van der Waals surface area (Å²) in [6, 6.07) is 11.5. The summed E-state index contributed by atoms with van der Waals surface area (Å²) in [7, 11) is 1.56. The Labute approximate surface area is 123 Å². The molecule has 3 rings (SSSR count). The first-order valence-electron chi connectivity index (χ1n) is 6.97. The third-order valence-electron chi connectivity index (χ3n) is 4.30. The first-order chi connectivity index (χ1) is 10.2. The number of aromatic nitrogens is 1. The second kappa shape index (κ2) is 5.20. The number of hydrogen-bond acceptors (Lipinski definition) is 3. The van der Waals surface area contributed by atoms with Crippen LogP contribution in [0, 0.1) is 0 Å². The average Bonchev–Trinajstić information content (AvgIpc) is 2.88. The molecule has 4 heteroatoms. The van der Waals surface area contributed by atoms with E-state index in [0.29, 0.717) is 18.7 Å². The highest BCUT2D eigenvalue weighted by Crippen LogP contribution is 2.42. The molecular weight excluding hydrogens is 266 g/mol. The van der Waals surface area contributed by atoms with Gasteiger partial charge in [-0.05, 0) is 36.5 Å². The van der Waals surface area contributed by atoms with E-state index in [1.54, 1.807) is 13.3 Å². The summed E-state index contributed by atoms with van der Waals surface area (Å²) in [4.78, 5) is 16.2. The van der Waals surface area contributed by atoms with Gasteiger partial charge in [-0.2, -0.15) is 0 Å². The molecule has 108 valence electrons. The Morgan fingerprint density at radius 1 is 1.33 bits per heavy atom. The Morgan fingerprint density at radius 3 is 2.90 bits per heavy atom. The molecule has 2 aromatic rings. The highest BCUT2D eigenvalue weighted by Gasteiger charge is 2.45. The predicted molar refractivity (Wildman–Crippen MR) is 78.6 cm³/mol. The molecule has 1 unspecified atom stereocenters. The maximum Gasteiger partial charge on any atom is 0.314 e. The fraction of sp³-hybridized carbons (Fsp3) is 0.294. The molecule has 1 aromatic carbocycles. The molecular formula is C17H17NO3. The number of carboxylic acids is 1. The van der Waals surface area contributed by atoms with E-state index < -0.39 is 11.4 Å². The number of fused-ring (bicyclic) bond motifs is 1. The molecule has 0 saturated heterocycles. The summed E-state index contributed by atoms with van der Waals surface area (Å²) >= 11 is 0. The zero-order valence-corrected chi connectivity index (χ0v) is 11.9. The van der Waals surface area contributed by atoms with Gasteiger partial charge < -0.3 is 9.84 Å². The Hall–Kier alpha value is -2.36. The van der Waals surface area contributed by atoms with Gasteiger partial charge in [0.25, 0.3) is 0 Å². The lowest BCUT2D eigenvalue weighted by atomic mass is 9.77. The van der Waals surface area contributed by atoms with Crippen molar-refractivity contribution in [3.8, 4) is 5.88 Å². The number of ether oxygens (including phenoxy) is 1. The van der Waals surface area contributed by atoms with E-state index in [4.69, 9.17) is 4.74 Å². The number of aliphatic carboxylic acids is 1. The molecule has 1 aliphatic rings. The maximum absolute atomic E-state index is 12.0. The lowest BCUT2D eigenvalue weighted by molar-refractivity contribution is -0.143. The zero-order valence-electron chi connectivity index (χ0n) is 11.9. The standard InChI is InChI=1S/C17H17NO3/c1-21-15-13(6-4-10-18-15)11-17(16(19)20)9-8-12-5-2-3-7-14(12)17/h2-7,10H,8-9,11H2,1H3,(H,19,20). The summed E-state index contributed by atoms with van der Waals surface area (Å²) in [6.45, 7) is 0. The van der Waals surface area contributed by atoms with Gasteiger partial charge in [-0.15, -0.1) is 0 Å². The van der Waals surface area contributed by atoms with Crippen molar-refractivity contribution >= 4 is 5.97 Å². The summed E-state index contributed by atoms with van der Waals surface area (Å²) in [5.41, 5.74) is 2.00. The van der Waals surface area contributed by atoms with Crippen LogP contribution < -0.4 is 4.74 Å². The van der Waals surface area contributed by atoms with Crippen molar-refractivity contribution < 1.29 is 14.6 Å². The normalized spacial score (nSPS) is 20.0. The van der Waals surface area contributed by atoms with Crippen LogP contribution in [-0.4, -0.2) is 23.2 Å². The maximum atomic E-state index is 12.0. The second-order valence-electron chi connectivity index (χ2n) is 5.39. The number of nitrogens with zero attached hydrogens (tertiary/aromatic N) is 1. The molecule has 1 aromatic heterocycles. The minimum absolute atomic E-state index is 0.399. The molecule has 1 N–H and O–H groups in total. The molecule has 0 spiro atoms. The number of rotatable bonds is 4. The van der Waals surface area contributed by atoms with E-state index in [9.17, 15) is 9.90 Å². The number of carboxylic acid groups (broad SMARTS) is 1. The van der Waals surface area contributed by atoms with Crippen molar-refractivity contribution in [1.82, 2.24) is 4.98 Å². The topological polar surface area (TPSA) is 59.4 Å². The Morgan fingerprint density at radius 2 is 2.14 bits per heavy atom. The van der Waals surface area contributed by atoms with Crippen LogP contribution in [0.25, 0.3) is 0 Å². The smallest absolute Gasteiger partial charge is 0.314 e. The van der Waals surface area contributed by atoms with Crippen LogP contribution in [0.4, 0.5) is 0 Å². The molecule has 0 bridgehead atoms. The third kappa shape index (κ3) is 2.17. The van der Waals surface area contributed by atoms with E-state index in [1.165, 1.54) is 0 Å². The van der Waals surface area contributed by atoms with Crippen molar-refractivity contribution in [2.24, 2.45) is 0 Å². The van der Waals surface area contributed by atoms with Gasteiger partial charge in [0.1, 0.15) is 0 Å². The molecule has 21 heavy (non-hydrogen) atoms. The molecule has 1 atom stereocenters. The van der Waals surface area contributed by atoms with Gasteiger partial charge in [-0.3, -0.25) is 4.79 Å². The van der Waals surface area contributed by atoms with Gasteiger partial charge in [-0.25, -0.2) is 4.98 Å². The predicted octanol–water partition coefficient (Wildman–Crippen LogP) is 2.60. The first kappa shape index (κ1) is 13.6. The van der Waals surface area contributed by atoms with E-state index in [0.717, 1.165) is 23.1 Å². The molecule has 0 radical (unpaired) electrons. The van der Waals surface area contributed by atoms with Crippen LogP contribution in [0.3, 0.4) is 0 Å². The molecule has 1 heterocycles. The Bertz CT molecular complexity index is 683. The van der Waals surface area contributed by atoms with Crippen molar-refractivity contribution in [3.63, 3.8) is 0 Å². The lowest BCUT2D eigenvalue weighted by Gasteiger charge is -2.26. The number of pyridine rings is 1. The van der Waals surface area contributed by atoms with E-state index in [1.807, 2.05) is 36.4 Å². The molecule has 0 fully saturated rings. The molecule has 0 amide bonds. The molecule has 0 aliphatic heterocycles. The van der Waals surface area contributed by atoms with Gasteiger partial charge >= 0.3 is 5.97 Å². The third-order valence-corrected chi connectivity index (χ3v) is 4.30. The molecule has 4 nitrogen and oxygen atoms in total. The van der Waals surface area contributed by atoms with Gasteiger partial charge in [0, 0.05) is 11.8 Å². The van der Waals surface area contributed by atoms with Crippen LogP contribution in [-0.2, 0) is 23.1 Å². The first-order valence-corrected chi connectivity index (χ1v) is 6.97. The lowest BCUT2D eigenvalue weighted by Crippen LogP contribution is -2.36. The molecule has 0 saturated carbocycles. The van der Waals surface area contributed by atoms with Crippen LogP contribution in [0.2, 0.25) is 0 Å². The van der Waals surface area contributed by atoms with E-state index in [-0.39, 0.29) is 0 Å². The van der Waals surface area contributed by atoms with Crippen molar-refractivity contribution in [2.75, 3.05) is 7.11 Å². The summed E-state index contributed by atoms with van der Waals surface area (Å²) in [5, 5.41) is 9.87. The SMILES string of the molecule is COc1ncccc1CC1(C(=O)O)CCc2ccccc21. The number of aryl methyl sites for hydroxylation is 1. The van der Waals surface area contributed by atoms with Gasteiger partial charge in [0.2, 0.25) is 5.88 Å². The van der Waals surface area contributed by atoms with Crippen LogP contribution in [0.5, 0.6) is 5.88 Å². The number of methoxy groups -OCH3 is 1. The van der Waals surface area contributed by atoms with Crippen LogP contribution >= 0.6 is 0 Å². The average molecular weight is 283 g/mol. The zero-order chi connectivity index (χ0) is 14.9. The quantitative estimate of drug-likeness (QED) is 0.937. The van der Waals surface area contributed by atoms with Gasteiger partial charge in [-0.1, -0.05) is 30.3 Å². The summed E-state index contributed by atoms with van der Waals surface area (Å²) in [6.07, 6.45) is 3.46. The Balaban J connectivity index is 2.07. The van der Waals surface area contributed by atoms with Gasteiger partial charge in [0.05, 0.1) is 12.5 Å². The van der Waals surface area contributed by atoms with Crippen LogP contribution in [0.1, 0.15) is 23.1 Å². The van der Waals surface area contributed by atoms with E-state index in [2.05, 4.69) is 4.98 Å². The second-order valence-corrected chi connectivity index (χ2v) is 5.39. The fourth-order valence-electron chi connectivity index (χ4n) is 3.24. The summed E-state index contributed by atoms with van der Waals surface area (Å²) < 4.78 is 5.26. The minimum atomic E-state index is -0.882. The molecule has 1 aliphatic carbocycles. The number of benzene rings is 1. The van der Waals surface area contributed by atoms with Crippen LogP contribution in [0.15, 0.2) is 42.6 Å². The highest BCUT2D eigenvalue weighted by atomic mass is 16.5. The van der Waals surface area contributed by atoms with Gasteiger partial charge in [0.15, 0.2) is 0 Å². The van der Waals surface area contributed by atoms with E-state index >= 15 is 0 Å². The fourth-order valence-corrected chi connectivity index (χ4v) is 3.24. The Kier molecular flexibility index (Phi) is 3.37. The number of carbonyl (C=O) groups is 1. The number of hydrogen-bond donors (Lipinski definition) is 1. The minimum Gasteiger partial charge on any atom is -0.481 e. The van der Waals surface area contributed by atoms with Crippen molar-refractivity contribution in [2.45, 2.75) is 24.7 Å². The highest BCUT2D eigenvalue weighted by molar-refractivity contribution is 5.83. The largest absolute Gasteiger partial charge is 0.481 e. The van der Waals surface area contributed by atoms with Crippen molar-refractivity contribution in [3.05, 3.63) is 59.3 Å². The summed E-state index contributed by atoms with van der Waals surface area (Å²) in [5.74, 6) is -0.277. The van der Waals surface area contributed by atoms with Crippen molar-refractivity contribution in [1.29, 1.82) is 0 Å².